The van der Waals surface area contributed by atoms with E-state index in [9.17, 15) is 4.39 Å². The lowest BCUT2D eigenvalue weighted by atomic mass is 10.1. The normalized spacial score (nSPS) is 23.0. The number of halogens is 1. The predicted octanol–water partition coefficient (Wildman–Crippen LogP) is 4.04. The zero-order chi connectivity index (χ0) is 31.9. The lowest BCUT2D eigenvalue weighted by molar-refractivity contribution is 0.496. The molecule has 1 aliphatic heterocycles. The summed E-state index contributed by atoms with van der Waals surface area (Å²) in [6.07, 6.45) is 0.574. The number of aromatic nitrogens is 7. The van der Waals surface area contributed by atoms with Gasteiger partial charge in [-0.3, -0.25) is 9.13 Å². The molecule has 3 aromatic heterocycles. The number of nitrogens with zero attached hydrogens (tertiary/aromatic N) is 8. The summed E-state index contributed by atoms with van der Waals surface area (Å²) in [6.45, 7) is -9.35. The third-order valence-corrected chi connectivity index (χ3v) is 4.90. The molecule has 0 saturated carbocycles. The highest BCUT2D eigenvalue weighted by molar-refractivity contribution is 5.64. The van der Waals surface area contributed by atoms with Crippen molar-refractivity contribution < 1.29 is 20.8 Å². The topological polar surface area (TPSA) is 77.5 Å². The van der Waals surface area contributed by atoms with Crippen molar-refractivity contribution in [3.63, 3.8) is 0 Å². The van der Waals surface area contributed by atoms with Crippen molar-refractivity contribution >= 4 is 5.82 Å². The van der Waals surface area contributed by atoms with Crippen LogP contribution < -0.4 is 4.90 Å². The monoisotopic (exact) mass is 430 g/mol. The molecule has 1 aliphatic rings. The van der Waals surface area contributed by atoms with Gasteiger partial charge in [0.05, 0.1) is 13.6 Å². The Kier molecular flexibility index (Phi) is 2.37. The largest absolute Gasteiger partial charge is 0.342 e. The zero-order valence-electron chi connectivity index (χ0n) is 28.1. The maximum Gasteiger partial charge on any atom is 0.237 e. The van der Waals surface area contributed by atoms with Gasteiger partial charge in [-0.15, -0.1) is 10.2 Å². The average Bonchev–Trinajstić information content (AvgIpc) is 3.53. The lowest BCUT2D eigenvalue weighted by Crippen LogP contribution is -2.40. The van der Waals surface area contributed by atoms with E-state index in [-0.39, 0.29) is 23.3 Å². The van der Waals surface area contributed by atoms with E-state index >= 15 is 0 Å². The van der Waals surface area contributed by atoms with Crippen LogP contribution in [0.1, 0.15) is 61.1 Å². The standard InChI is InChI=1S/C22H23FN8/c1-5-17-21-28-27-14(4)31(21)18-12-25-22(26-20(18)30(17)13(2)3)29-11-10-24-19(29)15-6-8-16(23)9-7-15/h6-13,17H,5H2,1-4H3/t17-/m0/s1/i1D3,2D3,3D3,5D2,13D. The van der Waals surface area contributed by atoms with Crippen LogP contribution in [-0.2, 0) is 0 Å². The van der Waals surface area contributed by atoms with Crippen LogP contribution in [0.15, 0.2) is 42.9 Å². The molecule has 31 heavy (non-hydrogen) atoms. The number of hydrogen-bond donors (Lipinski definition) is 0. The summed E-state index contributed by atoms with van der Waals surface area (Å²) in [5.41, 5.74) is 0.311. The third kappa shape index (κ3) is 2.99. The smallest absolute Gasteiger partial charge is 0.237 e. The minimum absolute atomic E-state index is 0.103. The Balaban J connectivity index is 1.87. The summed E-state index contributed by atoms with van der Waals surface area (Å²) in [5.74, 6) is -1.44. The summed E-state index contributed by atoms with van der Waals surface area (Å²) >= 11 is 0. The Morgan fingerprint density at radius 1 is 1.23 bits per heavy atom. The molecule has 0 amide bonds. The van der Waals surface area contributed by atoms with Crippen LogP contribution in [-0.4, -0.2) is 40.3 Å². The van der Waals surface area contributed by atoms with Gasteiger partial charge in [-0.25, -0.2) is 14.4 Å². The molecule has 4 heterocycles. The van der Waals surface area contributed by atoms with Crippen molar-refractivity contribution in [3.05, 3.63) is 60.3 Å². The molecule has 4 aromatic rings. The summed E-state index contributed by atoms with van der Waals surface area (Å²) in [4.78, 5) is 13.3. The third-order valence-electron chi connectivity index (χ3n) is 4.90. The van der Waals surface area contributed by atoms with E-state index in [1.54, 1.807) is 0 Å². The van der Waals surface area contributed by atoms with Crippen molar-refractivity contribution in [2.45, 2.75) is 45.9 Å². The molecular weight excluding hydrogens is 395 g/mol. The minimum atomic E-state index is -3.67. The zero-order valence-corrected chi connectivity index (χ0v) is 16.1. The Morgan fingerprint density at radius 3 is 2.84 bits per heavy atom. The molecule has 9 heteroatoms. The second kappa shape index (κ2) is 7.26. The van der Waals surface area contributed by atoms with Crippen molar-refractivity contribution in [2.24, 2.45) is 0 Å². The fraction of sp³-hybridized carbons (Fsp3) is 0.318. The first-order valence-corrected chi connectivity index (χ1v) is 9.10. The lowest BCUT2D eigenvalue weighted by Gasteiger charge is -2.39. The Labute approximate surface area is 196 Å². The fourth-order valence-corrected chi connectivity index (χ4v) is 3.54. The van der Waals surface area contributed by atoms with Crippen molar-refractivity contribution in [3.8, 4) is 23.0 Å². The van der Waals surface area contributed by atoms with Gasteiger partial charge in [-0.2, -0.15) is 4.98 Å². The highest BCUT2D eigenvalue weighted by atomic mass is 19.1. The van der Waals surface area contributed by atoms with Gasteiger partial charge in [0, 0.05) is 39.1 Å². The maximum absolute atomic E-state index is 13.6. The van der Waals surface area contributed by atoms with E-state index < -0.39 is 56.4 Å². The number of anilines is 1. The molecule has 0 radical (unpaired) electrons. The summed E-state index contributed by atoms with van der Waals surface area (Å²) in [6, 6.07) is -0.682. The molecule has 0 unspecified atom stereocenters. The summed E-state index contributed by atoms with van der Waals surface area (Å²) in [7, 11) is 0. The van der Waals surface area contributed by atoms with Crippen LogP contribution in [0.5, 0.6) is 0 Å². The van der Waals surface area contributed by atoms with E-state index in [1.165, 1.54) is 58.9 Å². The maximum atomic E-state index is 13.6. The number of imidazole rings is 1. The predicted molar refractivity (Wildman–Crippen MR) is 115 cm³/mol. The van der Waals surface area contributed by atoms with Gasteiger partial charge in [0.1, 0.15) is 23.2 Å². The number of fused-ring (bicyclic) bond motifs is 3. The van der Waals surface area contributed by atoms with E-state index in [4.69, 9.17) is 16.4 Å². The Morgan fingerprint density at radius 2 is 2.06 bits per heavy atom. The van der Waals surface area contributed by atoms with Gasteiger partial charge in [0.25, 0.3) is 0 Å². The molecule has 1 atom stereocenters. The summed E-state index contributed by atoms with van der Waals surface area (Å²) < 4.78 is 115. The molecule has 0 saturated heterocycles. The van der Waals surface area contributed by atoms with Gasteiger partial charge >= 0.3 is 0 Å². The molecule has 0 fully saturated rings. The van der Waals surface area contributed by atoms with E-state index in [0.717, 1.165) is 0 Å². The first kappa shape index (κ1) is 10.1. The van der Waals surface area contributed by atoms with Gasteiger partial charge in [-0.05, 0) is 51.3 Å². The van der Waals surface area contributed by atoms with E-state index in [0.29, 0.717) is 10.5 Å². The van der Waals surface area contributed by atoms with Gasteiger partial charge in [0.15, 0.2) is 11.6 Å². The number of benzene rings is 1. The summed E-state index contributed by atoms with van der Waals surface area (Å²) in [5, 5.41) is 7.82. The van der Waals surface area contributed by atoms with Gasteiger partial charge in [0.2, 0.25) is 5.95 Å². The average molecular weight is 431 g/mol. The van der Waals surface area contributed by atoms with Crippen molar-refractivity contribution in [1.29, 1.82) is 0 Å². The van der Waals surface area contributed by atoms with Gasteiger partial charge in [-0.1, -0.05) is 6.85 Å². The second-order valence-electron chi connectivity index (χ2n) is 6.71. The molecule has 8 nitrogen and oxygen atoms in total. The first-order chi connectivity index (χ1) is 19.7. The Bertz CT molecular complexity index is 1660. The van der Waals surface area contributed by atoms with Crippen LogP contribution in [0.3, 0.4) is 0 Å². The molecule has 0 aliphatic carbocycles. The molecule has 0 spiro atoms. The Hall–Kier alpha value is -3.62. The second-order valence-corrected chi connectivity index (χ2v) is 6.71. The highest BCUT2D eigenvalue weighted by Gasteiger charge is 2.36. The highest BCUT2D eigenvalue weighted by Crippen LogP contribution is 2.40. The number of rotatable bonds is 4. The van der Waals surface area contributed by atoms with Crippen molar-refractivity contribution in [1.82, 2.24) is 34.3 Å². The molecular formula is C22H23FN8. The van der Waals surface area contributed by atoms with Crippen LogP contribution in [0, 0.1) is 12.7 Å². The van der Waals surface area contributed by atoms with Crippen LogP contribution in [0.4, 0.5) is 10.2 Å². The quantitative estimate of drug-likeness (QED) is 0.486. The molecule has 1 aromatic carbocycles. The van der Waals surface area contributed by atoms with Crippen LogP contribution in [0.25, 0.3) is 23.0 Å². The number of aryl methyl sites for hydroxylation is 1. The van der Waals surface area contributed by atoms with Gasteiger partial charge < -0.3 is 4.90 Å². The van der Waals surface area contributed by atoms with Crippen LogP contribution in [0.2, 0.25) is 0 Å². The molecule has 0 bridgehead atoms. The van der Waals surface area contributed by atoms with E-state index in [1.807, 2.05) is 0 Å². The number of hydrogen-bond acceptors (Lipinski definition) is 6. The molecule has 5 rings (SSSR count). The minimum Gasteiger partial charge on any atom is -0.342 e. The molecule has 158 valence electrons. The van der Waals surface area contributed by atoms with Crippen molar-refractivity contribution in [2.75, 3.05) is 4.90 Å². The fourth-order valence-electron chi connectivity index (χ4n) is 3.54. The van der Waals surface area contributed by atoms with Crippen LogP contribution >= 0.6 is 0 Å². The molecule has 0 N–H and O–H groups in total. The van der Waals surface area contributed by atoms with E-state index in [2.05, 4.69) is 25.1 Å². The SMILES string of the molecule is [2H]C([2H])([2H])C([2H])([2H])[C@H]1c2nnc(C)n2-c2cnc(-n3ccnc3-c3ccc(F)cc3)nc2N1C([2H])(C([2H])([2H])[2H])C([2H])([2H])[2H]. The first-order valence-electron chi connectivity index (χ1n) is 15.1.